The molecule has 0 heterocycles. The van der Waals surface area contributed by atoms with Crippen LogP contribution in [-0.2, 0) is 21.0 Å². The quantitative estimate of drug-likeness (QED) is 0.0494. The van der Waals surface area contributed by atoms with Crippen LogP contribution in [0.2, 0.25) is 5.02 Å². The first-order chi connectivity index (χ1) is 21.1. The first-order valence-electron chi connectivity index (χ1n) is 14.2. The number of halogens is 1. The SMILES string of the molecule is O=C(CCC/C=C\C[C@@H]1[C@@H](/C=C/[C@@H](O)COc2cccc(Cl)c2)[C@H](O)C[C@@H]1O)NCC(=O)Oc1ccc(CON(O)O)cc1. The number of amides is 1. The molecule has 2 aromatic rings. The van der Waals surface area contributed by atoms with Crippen molar-refractivity contribution in [3.05, 3.63) is 83.4 Å². The molecule has 1 aliphatic rings. The lowest BCUT2D eigenvalue weighted by molar-refractivity contribution is -0.497. The molecule has 0 radical (unpaired) electrons. The number of aliphatic hydroxyl groups is 3. The van der Waals surface area contributed by atoms with Crippen molar-refractivity contribution in [2.45, 2.75) is 57.0 Å². The molecule has 0 bridgehead atoms. The monoisotopic (exact) mass is 634 g/mol. The summed E-state index contributed by atoms with van der Waals surface area (Å²) < 4.78 is 10.7. The Morgan fingerprint density at radius 3 is 2.57 bits per heavy atom. The van der Waals surface area contributed by atoms with E-state index in [2.05, 4.69) is 10.2 Å². The molecule has 13 heteroatoms. The molecule has 2 aromatic carbocycles. The maximum atomic E-state index is 12.1. The number of aliphatic hydroxyl groups excluding tert-OH is 3. The molecule has 1 aliphatic carbocycles. The van der Waals surface area contributed by atoms with E-state index in [1.165, 1.54) is 12.1 Å². The van der Waals surface area contributed by atoms with Crippen LogP contribution in [0.25, 0.3) is 0 Å². The van der Waals surface area contributed by atoms with Crippen molar-refractivity contribution in [3.63, 3.8) is 0 Å². The van der Waals surface area contributed by atoms with E-state index >= 15 is 0 Å². The minimum atomic E-state index is -0.900. The predicted molar refractivity (Wildman–Crippen MR) is 159 cm³/mol. The number of esters is 1. The summed E-state index contributed by atoms with van der Waals surface area (Å²) in [7, 11) is 0. The van der Waals surface area contributed by atoms with Gasteiger partial charge in [0, 0.05) is 23.8 Å². The maximum absolute atomic E-state index is 12.1. The normalized spacial score (nSPS) is 20.8. The van der Waals surface area contributed by atoms with Gasteiger partial charge in [-0.3, -0.25) is 15.2 Å². The Bertz CT molecular complexity index is 1240. The number of benzene rings is 2. The number of nitrogens with zero attached hydrogens (tertiary/aromatic N) is 1. The predicted octanol–water partition coefficient (Wildman–Crippen LogP) is 3.34. The van der Waals surface area contributed by atoms with Crippen molar-refractivity contribution >= 4 is 23.5 Å². The summed E-state index contributed by atoms with van der Waals surface area (Å²) in [5.41, 5.74) is 0.612. The molecule has 1 fully saturated rings. The van der Waals surface area contributed by atoms with E-state index in [0.717, 1.165) is 0 Å². The van der Waals surface area contributed by atoms with Gasteiger partial charge in [0.25, 0.3) is 0 Å². The number of ether oxygens (including phenoxy) is 2. The van der Waals surface area contributed by atoms with E-state index in [1.807, 2.05) is 12.2 Å². The van der Waals surface area contributed by atoms with Gasteiger partial charge >= 0.3 is 5.97 Å². The maximum Gasteiger partial charge on any atom is 0.330 e. The minimum absolute atomic E-state index is 0.0180. The fraction of sp³-hybridized carbons (Fsp3) is 0.419. The Morgan fingerprint density at radius 1 is 1.07 bits per heavy atom. The van der Waals surface area contributed by atoms with Crippen molar-refractivity contribution in [3.8, 4) is 11.5 Å². The van der Waals surface area contributed by atoms with Crippen molar-refractivity contribution in [2.75, 3.05) is 13.2 Å². The highest BCUT2D eigenvalue weighted by Gasteiger charge is 2.39. The van der Waals surface area contributed by atoms with Gasteiger partial charge in [0.05, 0.1) is 24.2 Å². The lowest BCUT2D eigenvalue weighted by Crippen LogP contribution is -2.31. The third-order valence-corrected chi connectivity index (χ3v) is 7.20. The van der Waals surface area contributed by atoms with Gasteiger partial charge in [-0.05, 0) is 61.1 Å². The van der Waals surface area contributed by atoms with E-state index in [4.69, 9.17) is 31.5 Å². The Hall–Kier alpha value is -3.33. The van der Waals surface area contributed by atoms with Gasteiger partial charge in [-0.1, -0.05) is 54.1 Å². The molecule has 240 valence electrons. The second kappa shape index (κ2) is 18.5. The van der Waals surface area contributed by atoms with Crippen molar-refractivity contribution in [1.82, 2.24) is 10.7 Å². The largest absolute Gasteiger partial charge is 0.491 e. The molecule has 0 spiro atoms. The van der Waals surface area contributed by atoms with Crippen molar-refractivity contribution in [1.29, 1.82) is 0 Å². The lowest BCUT2D eigenvalue weighted by atomic mass is 9.89. The highest BCUT2D eigenvalue weighted by atomic mass is 35.5. The Balaban J connectivity index is 1.31. The smallest absolute Gasteiger partial charge is 0.330 e. The zero-order valence-corrected chi connectivity index (χ0v) is 24.8. The van der Waals surface area contributed by atoms with E-state index in [1.54, 1.807) is 48.6 Å². The van der Waals surface area contributed by atoms with Gasteiger partial charge in [-0.15, -0.1) is 0 Å². The Morgan fingerprint density at radius 2 is 1.84 bits per heavy atom. The number of hydrogen-bond acceptors (Lipinski definition) is 11. The molecule has 1 amide bonds. The van der Waals surface area contributed by atoms with Crippen LogP contribution < -0.4 is 14.8 Å². The van der Waals surface area contributed by atoms with Crippen LogP contribution in [-0.4, -0.2) is 74.5 Å². The number of rotatable bonds is 17. The van der Waals surface area contributed by atoms with Gasteiger partial charge in [0.15, 0.2) is 0 Å². The average Bonchev–Trinajstić information content (AvgIpc) is 3.26. The second-order valence-electron chi connectivity index (χ2n) is 10.4. The first-order valence-corrected chi connectivity index (χ1v) is 14.6. The summed E-state index contributed by atoms with van der Waals surface area (Å²) in [4.78, 5) is 28.6. The lowest BCUT2D eigenvalue weighted by Gasteiger charge is -2.19. The van der Waals surface area contributed by atoms with E-state index in [-0.39, 0.29) is 56.1 Å². The van der Waals surface area contributed by atoms with Crippen LogP contribution in [0.15, 0.2) is 72.8 Å². The fourth-order valence-electron chi connectivity index (χ4n) is 4.72. The van der Waals surface area contributed by atoms with Gasteiger partial charge < -0.3 is 30.1 Å². The standard InChI is InChI=1S/C31H39ClN2O10/c32-22-6-5-7-25(16-22)42-20-23(35)12-15-27-26(28(36)17-29(27)37)8-3-1-2-4-9-30(38)33-18-31(39)44-24-13-10-21(11-14-24)19-43-34(40)41/h1,3,5-7,10-16,23,26-29,35-37,40-41H,2,4,8-9,17-20H2,(H,33,38)/b3-1-,15-12+/t23-,26-,27-,28+,29-/m1/s1. The highest BCUT2D eigenvalue weighted by molar-refractivity contribution is 6.30. The van der Waals surface area contributed by atoms with Gasteiger partial charge in [0.2, 0.25) is 5.91 Å². The summed E-state index contributed by atoms with van der Waals surface area (Å²) in [6.07, 6.45) is 6.98. The highest BCUT2D eigenvalue weighted by Crippen LogP contribution is 2.36. The number of carbonyl (C=O) groups excluding carboxylic acids is 2. The number of allylic oxidation sites excluding steroid dienone is 2. The van der Waals surface area contributed by atoms with Crippen LogP contribution in [0.1, 0.15) is 37.7 Å². The number of unbranched alkanes of at least 4 members (excludes halogenated alkanes) is 1. The van der Waals surface area contributed by atoms with Crippen LogP contribution in [0.4, 0.5) is 0 Å². The average molecular weight is 635 g/mol. The van der Waals surface area contributed by atoms with Crippen LogP contribution >= 0.6 is 11.6 Å². The summed E-state index contributed by atoms with van der Waals surface area (Å²) in [5, 5.41) is 50.9. The molecular formula is C31H39ClN2O10. The molecule has 0 aromatic heterocycles. The van der Waals surface area contributed by atoms with E-state index in [9.17, 15) is 24.9 Å². The fourth-order valence-corrected chi connectivity index (χ4v) is 4.90. The van der Waals surface area contributed by atoms with Gasteiger partial charge in [-0.2, -0.15) is 0 Å². The molecular weight excluding hydrogens is 596 g/mol. The van der Waals surface area contributed by atoms with Crippen molar-refractivity contribution in [2.24, 2.45) is 11.8 Å². The molecule has 0 aliphatic heterocycles. The first kappa shape index (κ1) is 35.2. The summed E-state index contributed by atoms with van der Waals surface area (Å²) in [6.45, 7) is -0.365. The third kappa shape index (κ3) is 12.7. The molecule has 0 saturated heterocycles. The van der Waals surface area contributed by atoms with Crippen LogP contribution in [0, 0.1) is 11.8 Å². The van der Waals surface area contributed by atoms with Crippen molar-refractivity contribution < 1.29 is 49.6 Å². The zero-order chi connectivity index (χ0) is 31.9. The molecule has 44 heavy (non-hydrogen) atoms. The number of nitrogens with one attached hydrogen (secondary N) is 1. The van der Waals surface area contributed by atoms with E-state index < -0.39 is 29.7 Å². The third-order valence-electron chi connectivity index (χ3n) is 6.97. The van der Waals surface area contributed by atoms with Gasteiger partial charge in [-0.25, -0.2) is 9.63 Å². The van der Waals surface area contributed by atoms with E-state index in [0.29, 0.717) is 35.6 Å². The summed E-state index contributed by atoms with van der Waals surface area (Å²) >= 11 is 5.94. The molecule has 1 saturated carbocycles. The molecule has 6 N–H and O–H groups in total. The van der Waals surface area contributed by atoms with Crippen LogP contribution in [0.3, 0.4) is 0 Å². The zero-order valence-electron chi connectivity index (χ0n) is 24.1. The molecule has 5 atom stereocenters. The minimum Gasteiger partial charge on any atom is -0.491 e. The summed E-state index contributed by atoms with van der Waals surface area (Å²) in [5.74, 6) is -0.675. The summed E-state index contributed by atoms with van der Waals surface area (Å²) in [6, 6.07) is 13.0. The molecule has 3 rings (SSSR count). The Kier molecular flexibility index (Phi) is 14.8. The molecule has 12 nitrogen and oxygen atoms in total. The van der Waals surface area contributed by atoms with Crippen LogP contribution in [0.5, 0.6) is 11.5 Å². The number of hydrogen-bond donors (Lipinski definition) is 6. The number of carbonyl (C=O) groups is 2. The second-order valence-corrected chi connectivity index (χ2v) is 10.8. The molecule has 0 unspecified atom stereocenters. The van der Waals surface area contributed by atoms with Gasteiger partial charge in [0.1, 0.15) is 30.8 Å². The Labute approximate surface area is 260 Å². The topological polar surface area (TPSA) is 178 Å².